The number of rotatable bonds is 6. The molecule has 0 saturated carbocycles. The fourth-order valence-electron chi connectivity index (χ4n) is 2.23. The molecule has 0 aliphatic rings. The molecule has 24 heavy (non-hydrogen) atoms. The van der Waals surface area contributed by atoms with Crippen LogP contribution in [0.2, 0.25) is 0 Å². The maximum atomic E-state index is 12.0. The Labute approximate surface area is 139 Å². The molecule has 2 aromatic carbocycles. The summed E-state index contributed by atoms with van der Waals surface area (Å²) < 4.78 is 10.7. The second-order valence-corrected chi connectivity index (χ2v) is 5.03. The molecule has 0 fully saturated rings. The van der Waals surface area contributed by atoms with E-state index in [1.165, 1.54) is 0 Å². The van der Waals surface area contributed by atoms with Crippen molar-refractivity contribution in [3.05, 3.63) is 61.1 Å². The van der Waals surface area contributed by atoms with Crippen molar-refractivity contribution in [1.29, 1.82) is 0 Å². The van der Waals surface area contributed by atoms with Crippen LogP contribution < -0.4 is 14.8 Å². The summed E-state index contributed by atoms with van der Waals surface area (Å²) in [6.07, 6.45) is 3.37. The van der Waals surface area contributed by atoms with Gasteiger partial charge in [-0.05, 0) is 29.8 Å². The molecule has 0 aliphatic heterocycles. The summed E-state index contributed by atoms with van der Waals surface area (Å²) in [6, 6.07) is 14.7. The van der Waals surface area contributed by atoms with Crippen molar-refractivity contribution in [3.8, 4) is 22.8 Å². The highest BCUT2D eigenvalue weighted by molar-refractivity contribution is 5.92. The summed E-state index contributed by atoms with van der Waals surface area (Å²) >= 11 is 0. The first-order valence-corrected chi connectivity index (χ1v) is 7.41. The van der Waals surface area contributed by atoms with Gasteiger partial charge in [0.05, 0.1) is 25.3 Å². The van der Waals surface area contributed by atoms with Crippen LogP contribution >= 0.6 is 0 Å². The molecule has 1 amide bonds. The van der Waals surface area contributed by atoms with Gasteiger partial charge in [-0.1, -0.05) is 24.3 Å². The number of carbonyl (C=O) groups is 1. The topological polar surface area (TPSA) is 76.2 Å². The predicted molar refractivity (Wildman–Crippen MR) is 91.1 cm³/mol. The molecule has 0 aliphatic carbocycles. The molecule has 122 valence electrons. The van der Waals surface area contributed by atoms with Gasteiger partial charge in [0.15, 0.2) is 18.1 Å². The highest BCUT2D eigenvalue weighted by atomic mass is 16.5. The van der Waals surface area contributed by atoms with Gasteiger partial charge < -0.3 is 19.8 Å². The smallest absolute Gasteiger partial charge is 0.262 e. The van der Waals surface area contributed by atoms with Gasteiger partial charge in [-0.2, -0.15) is 0 Å². The Hall–Kier alpha value is -3.28. The Bertz CT molecular complexity index is 799. The first kappa shape index (κ1) is 15.6. The third kappa shape index (κ3) is 3.73. The molecular formula is C18H17N3O3. The molecule has 3 aromatic rings. The SMILES string of the molecule is COc1ccccc1OCC(=O)Nc1ccc(-c2cnc[nH]2)cc1. The molecular weight excluding hydrogens is 306 g/mol. The van der Waals surface area contributed by atoms with Crippen molar-refractivity contribution in [2.75, 3.05) is 19.0 Å². The summed E-state index contributed by atoms with van der Waals surface area (Å²) in [5.74, 6) is 0.883. The van der Waals surface area contributed by atoms with Crippen LogP contribution in [0.4, 0.5) is 5.69 Å². The molecule has 6 heteroatoms. The van der Waals surface area contributed by atoms with E-state index in [0.29, 0.717) is 17.2 Å². The monoisotopic (exact) mass is 323 g/mol. The van der Waals surface area contributed by atoms with E-state index < -0.39 is 0 Å². The third-order valence-corrected chi connectivity index (χ3v) is 3.41. The van der Waals surface area contributed by atoms with Crippen LogP contribution in [0.25, 0.3) is 11.3 Å². The molecule has 6 nitrogen and oxygen atoms in total. The highest BCUT2D eigenvalue weighted by Crippen LogP contribution is 2.25. The van der Waals surface area contributed by atoms with Crippen molar-refractivity contribution in [2.45, 2.75) is 0 Å². The number of nitrogens with zero attached hydrogens (tertiary/aromatic N) is 1. The van der Waals surface area contributed by atoms with E-state index in [-0.39, 0.29) is 12.5 Å². The van der Waals surface area contributed by atoms with Gasteiger partial charge in [-0.25, -0.2) is 4.98 Å². The highest BCUT2D eigenvalue weighted by Gasteiger charge is 2.07. The number of para-hydroxylation sites is 2. The molecule has 3 rings (SSSR count). The summed E-state index contributed by atoms with van der Waals surface area (Å²) in [5, 5.41) is 2.79. The van der Waals surface area contributed by atoms with Gasteiger partial charge in [-0.3, -0.25) is 4.79 Å². The van der Waals surface area contributed by atoms with Crippen molar-refractivity contribution < 1.29 is 14.3 Å². The quantitative estimate of drug-likeness (QED) is 0.731. The molecule has 1 heterocycles. The third-order valence-electron chi connectivity index (χ3n) is 3.41. The molecule has 0 saturated heterocycles. The number of H-pyrrole nitrogens is 1. The van der Waals surface area contributed by atoms with Crippen molar-refractivity contribution in [3.63, 3.8) is 0 Å². The Morgan fingerprint density at radius 3 is 2.54 bits per heavy atom. The standard InChI is InChI=1S/C18H17N3O3/c1-23-16-4-2-3-5-17(16)24-11-18(22)21-14-8-6-13(7-9-14)15-10-19-12-20-15/h2-10,12H,11H2,1H3,(H,19,20)(H,21,22). The summed E-state index contributed by atoms with van der Waals surface area (Å²) in [6.45, 7) is -0.0946. The fraction of sp³-hybridized carbons (Fsp3) is 0.111. The molecule has 0 radical (unpaired) electrons. The van der Waals surface area contributed by atoms with Crippen LogP contribution in [0.1, 0.15) is 0 Å². The minimum atomic E-state index is -0.241. The van der Waals surface area contributed by atoms with Gasteiger partial charge >= 0.3 is 0 Å². The van der Waals surface area contributed by atoms with E-state index in [1.54, 1.807) is 31.8 Å². The minimum Gasteiger partial charge on any atom is -0.493 e. The van der Waals surface area contributed by atoms with E-state index >= 15 is 0 Å². The number of amides is 1. The zero-order valence-electron chi connectivity index (χ0n) is 13.2. The minimum absolute atomic E-state index is 0.0946. The largest absolute Gasteiger partial charge is 0.493 e. The van der Waals surface area contributed by atoms with Crippen LogP contribution in [-0.2, 0) is 4.79 Å². The van der Waals surface area contributed by atoms with Crippen molar-refractivity contribution in [2.24, 2.45) is 0 Å². The lowest BCUT2D eigenvalue weighted by atomic mass is 10.1. The van der Waals surface area contributed by atoms with Crippen LogP contribution in [0.15, 0.2) is 61.1 Å². The summed E-state index contributed by atoms with van der Waals surface area (Å²) in [5.41, 5.74) is 2.62. The van der Waals surface area contributed by atoms with Crippen LogP contribution in [0, 0.1) is 0 Å². The van der Waals surface area contributed by atoms with E-state index in [4.69, 9.17) is 9.47 Å². The summed E-state index contributed by atoms with van der Waals surface area (Å²) in [4.78, 5) is 19.0. The average molecular weight is 323 g/mol. The van der Waals surface area contributed by atoms with Gasteiger partial charge in [-0.15, -0.1) is 0 Å². The van der Waals surface area contributed by atoms with Gasteiger partial charge in [0, 0.05) is 5.69 Å². The second kappa shape index (κ2) is 7.32. The average Bonchev–Trinajstić information content (AvgIpc) is 3.15. The normalized spacial score (nSPS) is 10.2. The number of ether oxygens (including phenoxy) is 2. The number of hydrogen-bond donors (Lipinski definition) is 2. The van der Waals surface area contributed by atoms with Crippen molar-refractivity contribution in [1.82, 2.24) is 9.97 Å². The predicted octanol–water partition coefficient (Wildman–Crippen LogP) is 3.10. The maximum Gasteiger partial charge on any atom is 0.262 e. The Morgan fingerprint density at radius 1 is 1.12 bits per heavy atom. The van der Waals surface area contributed by atoms with Gasteiger partial charge in [0.2, 0.25) is 0 Å². The number of hydrogen-bond acceptors (Lipinski definition) is 4. The number of anilines is 1. The summed E-state index contributed by atoms with van der Waals surface area (Å²) in [7, 11) is 1.56. The van der Waals surface area contributed by atoms with E-state index in [9.17, 15) is 4.79 Å². The molecule has 0 spiro atoms. The number of imidazole rings is 1. The molecule has 0 bridgehead atoms. The zero-order chi connectivity index (χ0) is 16.8. The molecule has 0 atom stereocenters. The lowest BCUT2D eigenvalue weighted by molar-refractivity contribution is -0.118. The lowest BCUT2D eigenvalue weighted by Crippen LogP contribution is -2.20. The van der Waals surface area contributed by atoms with Crippen LogP contribution in [0.3, 0.4) is 0 Å². The molecule has 2 N–H and O–H groups in total. The Kier molecular flexibility index (Phi) is 4.76. The first-order chi connectivity index (χ1) is 11.8. The number of benzene rings is 2. The number of aromatic amines is 1. The number of aromatic nitrogens is 2. The van der Waals surface area contributed by atoms with E-state index in [1.807, 2.05) is 36.4 Å². The van der Waals surface area contributed by atoms with E-state index in [0.717, 1.165) is 11.3 Å². The van der Waals surface area contributed by atoms with Crippen LogP contribution in [-0.4, -0.2) is 29.6 Å². The van der Waals surface area contributed by atoms with Crippen LogP contribution in [0.5, 0.6) is 11.5 Å². The second-order valence-electron chi connectivity index (χ2n) is 5.03. The number of carbonyl (C=O) groups excluding carboxylic acids is 1. The number of nitrogens with one attached hydrogen (secondary N) is 2. The number of methoxy groups -OCH3 is 1. The van der Waals surface area contributed by atoms with Gasteiger partial charge in [0.25, 0.3) is 5.91 Å². The lowest BCUT2D eigenvalue weighted by Gasteiger charge is -2.10. The van der Waals surface area contributed by atoms with E-state index in [2.05, 4.69) is 15.3 Å². The fourth-order valence-corrected chi connectivity index (χ4v) is 2.23. The Morgan fingerprint density at radius 2 is 1.88 bits per heavy atom. The zero-order valence-corrected chi connectivity index (χ0v) is 13.2. The molecule has 0 unspecified atom stereocenters. The maximum absolute atomic E-state index is 12.0. The van der Waals surface area contributed by atoms with Crippen molar-refractivity contribution >= 4 is 11.6 Å². The molecule has 1 aromatic heterocycles. The first-order valence-electron chi connectivity index (χ1n) is 7.41. The van der Waals surface area contributed by atoms with Gasteiger partial charge in [0.1, 0.15) is 0 Å². The Balaban J connectivity index is 1.57.